The zero-order valence-corrected chi connectivity index (χ0v) is 48.9. The summed E-state index contributed by atoms with van der Waals surface area (Å²) in [6.07, 6.45) is 13.3. The molecule has 0 spiro atoms. The molecule has 12 aromatic carbocycles. The number of rotatable bonds is 12. The predicted octanol–water partition coefficient (Wildman–Crippen LogP) is 22.0. The molecule has 0 N–H and O–H groups in total. The van der Waals surface area contributed by atoms with Crippen LogP contribution in [0.2, 0.25) is 0 Å². The number of hydrogen-bond acceptors (Lipinski definition) is 2. The lowest BCUT2D eigenvalue weighted by Gasteiger charge is -2.33. The Morgan fingerprint density at radius 3 is 1.19 bits per heavy atom. The number of anilines is 6. The largest absolute Gasteiger partial charge is 0.309 e. The summed E-state index contributed by atoms with van der Waals surface area (Å²) in [5.41, 5.74) is 26.0. The average Bonchev–Trinajstić information content (AvgIpc) is 1.55. The number of hydrogen-bond donors (Lipinski definition) is 0. The third-order valence-corrected chi connectivity index (χ3v) is 19.1. The van der Waals surface area contributed by atoms with E-state index in [9.17, 15) is 0 Å². The maximum atomic E-state index is 2.69. The molecule has 0 aliphatic heterocycles. The highest BCUT2D eigenvalue weighted by Gasteiger charge is 2.29. The van der Waals surface area contributed by atoms with E-state index in [0.717, 1.165) is 51.4 Å². The molecule has 0 atom stereocenters. The molecule has 4 heteroatoms. The number of aromatic nitrogens is 2. The van der Waals surface area contributed by atoms with Crippen molar-refractivity contribution in [3.63, 3.8) is 0 Å². The molecule has 2 aromatic heterocycles. The molecule has 0 unspecified atom stereocenters. The van der Waals surface area contributed by atoms with Crippen LogP contribution in [0.15, 0.2) is 206 Å². The lowest BCUT2D eigenvalue weighted by atomic mass is 9.85. The standard InChI is InChI=1S/C80H70N4/c1-5-19-55-47-75(83(71-35-17-25-53-23-7-9-29-61(53)71)59-37-39-67-65-31-11-13-33-73(65)81(77(67)49-59)57-27-15-21-51(3)45-57)69-44-42-64-56(20-6-2)48-76(70-43-41-63(55)79(69)80(64)70)84(72-36-18-26-54-24-8-10-30-62(54)72)60-38-40-68-66-32-12-14-34-74(66)82(78(68)50-60)58-28-16-22-52(4)46-58/h11-18,21-22,25-28,31-50H,5-10,19-20,23-24,29-30H2,1-4H3. The summed E-state index contributed by atoms with van der Waals surface area (Å²) in [6.45, 7) is 9.12. The van der Waals surface area contributed by atoms with Crippen molar-refractivity contribution in [1.29, 1.82) is 0 Å². The van der Waals surface area contributed by atoms with Gasteiger partial charge in [-0.2, -0.15) is 0 Å². The zero-order chi connectivity index (χ0) is 56.2. The van der Waals surface area contributed by atoms with Crippen molar-refractivity contribution in [2.24, 2.45) is 0 Å². The highest BCUT2D eigenvalue weighted by Crippen LogP contribution is 2.53. The van der Waals surface area contributed by atoms with Crippen molar-refractivity contribution in [3.8, 4) is 11.4 Å². The van der Waals surface area contributed by atoms with Gasteiger partial charge in [0.25, 0.3) is 0 Å². The van der Waals surface area contributed by atoms with E-state index in [1.165, 1.54) is 192 Å². The maximum Gasteiger partial charge on any atom is 0.0561 e. The van der Waals surface area contributed by atoms with E-state index < -0.39 is 0 Å². The summed E-state index contributed by atoms with van der Waals surface area (Å²) in [5, 5.41) is 13.2. The average molecular weight is 1090 g/mol. The van der Waals surface area contributed by atoms with Crippen LogP contribution in [-0.2, 0) is 38.5 Å². The molecule has 2 aliphatic carbocycles. The molecule has 16 rings (SSSR count). The summed E-state index contributed by atoms with van der Waals surface area (Å²) in [7, 11) is 0. The molecule has 14 aromatic rings. The van der Waals surface area contributed by atoms with Crippen molar-refractivity contribution in [2.75, 3.05) is 9.80 Å². The van der Waals surface area contributed by atoms with Crippen molar-refractivity contribution < 1.29 is 0 Å². The lowest BCUT2D eigenvalue weighted by molar-refractivity contribution is 0.686. The summed E-state index contributed by atoms with van der Waals surface area (Å²) >= 11 is 0. The molecule has 2 aliphatic rings. The third-order valence-electron chi connectivity index (χ3n) is 19.1. The molecule has 0 radical (unpaired) electrons. The quantitative estimate of drug-likeness (QED) is 0.113. The summed E-state index contributed by atoms with van der Waals surface area (Å²) in [4.78, 5) is 5.37. The van der Waals surface area contributed by atoms with Gasteiger partial charge >= 0.3 is 0 Å². The normalized spacial score (nSPS) is 13.5. The van der Waals surface area contributed by atoms with Crippen LogP contribution in [0.1, 0.15) is 96.9 Å². The van der Waals surface area contributed by atoms with Gasteiger partial charge < -0.3 is 18.9 Å². The van der Waals surface area contributed by atoms with E-state index in [4.69, 9.17) is 0 Å². The smallest absolute Gasteiger partial charge is 0.0561 e. The van der Waals surface area contributed by atoms with E-state index in [-0.39, 0.29) is 0 Å². The van der Waals surface area contributed by atoms with Crippen LogP contribution in [0, 0.1) is 13.8 Å². The van der Waals surface area contributed by atoms with Crippen molar-refractivity contribution in [3.05, 3.63) is 251 Å². The maximum absolute atomic E-state index is 2.69. The van der Waals surface area contributed by atoms with Crippen LogP contribution >= 0.6 is 0 Å². The Bertz CT molecular complexity index is 4620. The highest BCUT2D eigenvalue weighted by molar-refractivity contribution is 6.29. The van der Waals surface area contributed by atoms with E-state index in [1.807, 2.05) is 0 Å². The second-order valence-corrected chi connectivity index (χ2v) is 24.4. The SMILES string of the molecule is CCCc1cc(N(c2ccc3c4ccccc4n(-c4cccc(C)c4)c3c2)c2cccc3c2CCCC3)c2ccc3c(CCC)cc(N(c4ccc5c6ccccc6n(-c6cccc(C)c6)c5c4)c4cccc5c4CCCC5)c4ccc1c2c34. The van der Waals surface area contributed by atoms with Crippen molar-refractivity contribution in [2.45, 2.75) is 105 Å². The van der Waals surface area contributed by atoms with Crippen molar-refractivity contribution >= 4 is 110 Å². The Balaban J connectivity index is 0.996. The third kappa shape index (κ3) is 8.01. The second-order valence-electron chi connectivity index (χ2n) is 24.4. The first-order valence-electron chi connectivity index (χ1n) is 31.2. The fourth-order valence-electron chi connectivity index (χ4n) is 15.5. The van der Waals surface area contributed by atoms with Gasteiger partial charge in [-0.1, -0.05) is 148 Å². The molecule has 0 saturated heterocycles. The summed E-state index contributed by atoms with van der Waals surface area (Å²) in [5.74, 6) is 0. The second kappa shape index (κ2) is 20.3. The molecular formula is C80H70N4. The molecule has 84 heavy (non-hydrogen) atoms. The summed E-state index contributed by atoms with van der Waals surface area (Å²) < 4.78 is 5.00. The topological polar surface area (TPSA) is 16.3 Å². The Labute approximate surface area is 493 Å². The minimum Gasteiger partial charge on any atom is -0.309 e. The molecule has 4 nitrogen and oxygen atoms in total. The van der Waals surface area contributed by atoms with Crippen LogP contribution in [0.5, 0.6) is 0 Å². The van der Waals surface area contributed by atoms with Gasteiger partial charge in [0.1, 0.15) is 0 Å². The van der Waals surface area contributed by atoms with Crippen LogP contribution in [-0.4, -0.2) is 9.13 Å². The van der Waals surface area contributed by atoms with E-state index >= 15 is 0 Å². The predicted molar refractivity (Wildman–Crippen MR) is 359 cm³/mol. The molecular weight excluding hydrogens is 1020 g/mol. The first-order valence-corrected chi connectivity index (χ1v) is 31.2. The number of aryl methyl sites for hydroxylation is 6. The summed E-state index contributed by atoms with van der Waals surface area (Å²) in [6, 6.07) is 80.1. The van der Waals surface area contributed by atoms with Crippen LogP contribution in [0.25, 0.3) is 87.3 Å². The Kier molecular flexibility index (Phi) is 12.3. The molecule has 410 valence electrons. The minimum absolute atomic E-state index is 0.981. The Morgan fingerprint density at radius 1 is 0.333 bits per heavy atom. The number of para-hydroxylation sites is 2. The van der Waals surface area contributed by atoms with Gasteiger partial charge in [0.05, 0.1) is 33.4 Å². The molecule has 0 saturated carbocycles. The number of fused-ring (bicyclic) bond motifs is 8. The van der Waals surface area contributed by atoms with E-state index in [0.29, 0.717) is 0 Å². The van der Waals surface area contributed by atoms with Crippen molar-refractivity contribution in [1.82, 2.24) is 9.13 Å². The van der Waals surface area contributed by atoms with Crippen LogP contribution < -0.4 is 9.80 Å². The Hall–Kier alpha value is -9.12. The number of nitrogens with zero attached hydrogens (tertiary/aromatic N) is 4. The van der Waals surface area contributed by atoms with Crippen LogP contribution in [0.3, 0.4) is 0 Å². The van der Waals surface area contributed by atoms with Crippen LogP contribution in [0.4, 0.5) is 34.1 Å². The first kappa shape index (κ1) is 50.6. The van der Waals surface area contributed by atoms with Gasteiger partial charge in [-0.3, -0.25) is 0 Å². The van der Waals surface area contributed by atoms with E-state index in [1.54, 1.807) is 0 Å². The van der Waals surface area contributed by atoms with Gasteiger partial charge in [-0.15, -0.1) is 0 Å². The molecule has 0 fully saturated rings. The number of benzene rings is 12. The monoisotopic (exact) mass is 1090 g/mol. The Morgan fingerprint density at radius 2 is 0.738 bits per heavy atom. The zero-order valence-electron chi connectivity index (χ0n) is 48.9. The molecule has 0 amide bonds. The fraction of sp³-hybridized carbons (Fsp3) is 0.200. The molecule has 2 heterocycles. The van der Waals surface area contributed by atoms with Gasteiger partial charge in [0.2, 0.25) is 0 Å². The lowest BCUT2D eigenvalue weighted by Crippen LogP contribution is -2.17. The minimum atomic E-state index is 0.981. The van der Waals surface area contributed by atoms with Gasteiger partial charge in [0.15, 0.2) is 0 Å². The molecule has 0 bridgehead atoms. The van der Waals surface area contributed by atoms with Gasteiger partial charge in [-0.05, 0) is 229 Å². The van der Waals surface area contributed by atoms with Gasteiger partial charge in [0, 0.05) is 66.4 Å². The van der Waals surface area contributed by atoms with Gasteiger partial charge in [-0.25, -0.2) is 0 Å². The van der Waals surface area contributed by atoms with E-state index in [2.05, 4.69) is 253 Å². The highest BCUT2D eigenvalue weighted by atomic mass is 15.2. The first-order chi connectivity index (χ1) is 41.4. The fourth-order valence-corrected chi connectivity index (χ4v) is 15.5.